The summed E-state index contributed by atoms with van der Waals surface area (Å²) in [5.74, 6) is 0.612. The van der Waals surface area contributed by atoms with E-state index in [1.807, 2.05) is 30.5 Å². The highest BCUT2D eigenvalue weighted by atomic mass is 32.2. The Morgan fingerprint density at radius 1 is 1.44 bits per heavy atom. The summed E-state index contributed by atoms with van der Waals surface area (Å²) in [6.07, 6.45) is 4.45. The predicted octanol–water partition coefficient (Wildman–Crippen LogP) is 2.14. The molecule has 1 atom stereocenters. The molecule has 4 heteroatoms. The van der Waals surface area contributed by atoms with Gasteiger partial charge in [0, 0.05) is 17.0 Å². The highest BCUT2D eigenvalue weighted by Gasteiger charge is 2.14. The minimum atomic E-state index is 0.0354. The van der Waals surface area contributed by atoms with Crippen LogP contribution in [0.1, 0.15) is 23.2 Å². The number of piperidine rings is 1. The van der Waals surface area contributed by atoms with Gasteiger partial charge in [-0.25, -0.2) is 0 Å². The van der Waals surface area contributed by atoms with Crippen LogP contribution in [0.15, 0.2) is 29.2 Å². The molecule has 1 heterocycles. The summed E-state index contributed by atoms with van der Waals surface area (Å²) < 4.78 is 0. The number of carbonyl (C=O) groups excluding carboxylic acids is 1. The first-order valence-corrected chi connectivity index (χ1v) is 7.65. The number of hydrogen-bond donors (Lipinski definition) is 2. The van der Waals surface area contributed by atoms with E-state index in [4.69, 9.17) is 0 Å². The molecule has 1 saturated heterocycles. The van der Waals surface area contributed by atoms with Crippen LogP contribution in [0.3, 0.4) is 0 Å². The fourth-order valence-electron chi connectivity index (χ4n) is 2.18. The summed E-state index contributed by atoms with van der Waals surface area (Å²) in [4.78, 5) is 13.1. The van der Waals surface area contributed by atoms with Crippen molar-refractivity contribution in [3.05, 3.63) is 29.8 Å². The SMILES string of the molecule is CSc1ccc(C(=O)NCC2CCCNC2)cc1. The molecule has 0 spiro atoms. The van der Waals surface area contributed by atoms with Gasteiger partial charge in [0.1, 0.15) is 0 Å². The lowest BCUT2D eigenvalue weighted by atomic mass is 10.00. The van der Waals surface area contributed by atoms with Crippen LogP contribution in [0.4, 0.5) is 0 Å². The van der Waals surface area contributed by atoms with Crippen molar-refractivity contribution in [2.75, 3.05) is 25.9 Å². The van der Waals surface area contributed by atoms with E-state index in [2.05, 4.69) is 10.6 Å². The highest BCUT2D eigenvalue weighted by molar-refractivity contribution is 7.98. The van der Waals surface area contributed by atoms with Crippen LogP contribution >= 0.6 is 11.8 Å². The maximum Gasteiger partial charge on any atom is 0.251 e. The molecule has 2 N–H and O–H groups in total. The van der Waals surface area contributed by atoms with Gasteiger partial charge >= 0.3 is 0 Å². The summed E-state index contributed by atoms with van der Waals surface area (Å²) in [6.45, 7) is 2.91. The largest absolute Gasteiger partial charge is 0.352 e. The normalized spacial score (nSPS) is 19.5. The standard InChI is InChI=1S/C14H20N2OS/c1-18-13-6-4-12(5-7-13)14(17)16-10-11-3-2-8-15-9-11/h4-7,11,15H,2-3,8-10H2,1H3,(H,16,17). The number of thioether (sulfide) groups is 1. The Morgan fingerprint density at radius 2 is 2.22 bits per heavy atom. The van der Waals surface area contributed by atoms with Crippen LogP contribution in [0.2, 0.25) is 0 Å². The fraction of sp³-hybridized carbons (Fsp3) is 0.500. The first-order valence-electron chi connectivity index (χ1n) is 6.42. The van der Waals surface area contributed by atoms with Crippen molar-refractivity contribution >= 4 is 17.7 Å². The van der Waals surface area contributed by atoms with Gasteiger partial charge < -0.3 is 10.6 Å². The number of rotatable bonds is 4. The Morgan fingerprint density at radius 3 is 2.83 bits per heavy atom. The maximum absolute atomic E-state index is 11.9. The first-order chi connectivity index (χ1) is 8.79. The van der Waals surface area contributed by atoms with E-state index >= 15 is 0 Å². The van der Waals surface area contributed by atoms with Crippen LogP contribution in [0.25, 0.3) is 0 Å². The predicted molar refractivity (Wildman–Crippen MR) is 76.1 cm³/mol. The third kappa shape index (κ3) is 3.75. The first kappa shape index (κ1) is 13.4. The van der Waals surface area contributed by atoms with Gasteiger partial charge in [0.2, 0.25) is 0 Å². The van der Waals surface area contributed by atoms with Crippen molar-refractivity contribution in [2.45, 2.75) is 17.7 Å². The van der Waals surface area contributed by atoms with Crippen LogP contribution in [0, 0.1) is 5.92 Å². The smallest absolute Gasteiger partial charge is 0.251 e. The van der Waals surface area contributed by atoms with Gasteiger partial charge in [-0.15, -0.1) is 11.8 Å². The zero-order chi connectivity index (χ0) is 12.8. The Bertz CT molecular complexity index is 385. The summed E-state index contributed by atoms with van der Waals surface area (Å²) >= 11 is 1.69. The lowest BCUT2D eigenvalue weighted by Gasteiger charge is -2.22. The van der Waals surface area contributed by atoms with Crippen molar-refractivity contribution in [1.29, 1.82) is 0 Å². The molecular formula is C14H20N2OS. The van der Waals surface area contributed by atoms with Gasteiger partial charge in [0.25, 0.3) is 5.91 Å². The molecule has 3 nitrogen and oxygen atoms in total. The second-order valence-electron chi connectivity index (χ2n) is 4.65. The molecule has 1 aromatic carbocycles. The van der Waals surface area contributed by atoms with Crippen LogP contribution in [0.5, 0.6) is 0 Å². The van der Waals surface area contributed by atoms with Gasteiger partial charge in [-0.1, -0.05) is 0 Å². The molecule has 1 aliphatic heterocycles. The van der Waals surface area contributed by atoms with Gasteiger partial charge in [0.15, 0.2) is 0 Å². The number of nitrogens with one attached hydrogen (secondary N) is 2. The lowest BCUT2D eigenvalue weighted by Crippen LogP contribution is -2.38. The minimum absolute atomic E-state index is 0.0354. The maximum atomic E-state index is 11.9. The van der Waals surface area contributed by atoms with Crippen LogP contribution in [-0.4, -0.2) is 31.8 Å². The third-order valence-electron chi connectivity index (χ3n) is 3.30. The van der Waals surface area contributed by atoms with Gasteiger partial charge in [0.05, 0.1) is 0 Å². The van der Waals surface area contributed by atoms with E-state index in [0.29, 0.717) is 5.92 Å². The van der Waals surface area contributed by atoms with E-state index < -0.39 is 0 Å². The van der Waals surface area contributed by atoms with Crippen molar-refractivity contribution in [3.63, 3.8) is 0 Å². The number of carbonyl (C=O) groups is 1. The van der Waals surface area contributed by atoms with E-state index in [0.717, 1.165) is 25.2 Å². The second-order valence-corrected chi connectivity index (χ2v) is 5.53. The molecule has 0 saturated carbocycles. The second kappa shape index (κ2) is 6.81. The van der Waals surface area contributed by atoms with Gasteiger partial charge in [-0.2, -0.15) is 0 Å². The third-order valence-corrected chi connectivity index (χ3v) is 4.05. The molecule has 1 aromatic rings. The molecular weight excluding hydrogens is 244 g/mol. The number of amides is 1. The molecule has 1 fully saturated rings. The monoisotopic (exact) mass is 264 g/mol. The average Bonchev–Trinajstić information content (AvgIpc) is 2.46. The average molecular weight is 264 g/mol. The zero-order valence-electron chi connectivity index (χ0n) is 10.7. The molecule has 0 radical (unpaired) electrons. The topological polar surface area (TPSA) is 41.1 Å². The Labute approximate surface area is 113 Å². The molecule has 1 unspecified atom stereocenters. The molecule has 0 aromatic heterocycles. The van der Waals surface area contributed by atoms with E-state index in [1.54, 1.807) is 11.8 Å². The molecule has 2 rings (SSSR count). The van der Waals surface area contributed by atoms with E-state index in [-0.39, 0.29) is 5.91 Å². The molecule has 1 amide bonds. The summed E-state index contributed by atoms with van der Waals surface area (Å²) in [5.41, 5.74) is 0.747. The molecule has 1 aliphatic rings. The molecule has 18 heavy (non-hydrogen) atoms. The lowest BCUT2D eigenvalue weighted by molar-refractivity contribution is 0.0945. The summed E-state index contributed by atoms with van der Waals surface area (Å²) in [7, 11) is 0. The Kier molecular flexibility index (Phi) is 5.08. The van der Waals surface area contributed by atoms with Crippen molar-refractivity contribution in [1.82, 2.24) is 10.6 Å². The molecule has 0 aliphatic carbocycles. The number of hydrogen-bond acceptors (Lipinski definition) is 3. The minimum Gasteiger partial charge on any atom is -0.352 e. The van der Waals surface area contributed by atoms with Gasteiger partial charge in [-0.05, 0) is 62.4 Å². The van der Waals surface area contributed by atoms with E-state index in [1.165, 1.54) is 17.7 Å². The molecule has 0 bridgehead atoms. The quantitative estimate of drug-likeness (QED) is 0.819. The van der Waals surface area contributed by atoms with Crippen molar-refractivity contribution in [2.24, 2.45) is 5.92 Å². The Balaban J connectivity index is 1.82. The zero-order valence-corrected chi connectivity index (χ0v) is 11.6. The van der Waals surface area contributed by atoms with Gasteiger partial charge in [-0.3, -0.25) is 4.79 Å². The van der Waals surface area contributed by atoms with Crippen molar-refractivity contribution < 1.29 is 4.79 Å². The van der Waals surface area contributed by atoms with Crippen LogP contribution in [-0.2, 0) is 0 Å². The highest BCUT2D eigenvalue weighted by Crippen LogP contribution is 2.15. The van der Waals surface area contributed by atoms with Crippen LogP contribution < -0.4 is 10.6 Å². The fourth-order valence-corrected chi connectivity index (χ4v) is 2.59. The number of benzene rings is 1. The van der Waals surface area contributed by atoms with E-state index in [9.17, 15) is 4.79 Å². The Hall–Kier alpha value is -1.00. The van der Waals surface area contributed by atoms with Crippen molar-refractivity contribution in [3.8, 4) is 0 Å². The molecule has 98 valence electrons. The summed E-state index contributed by atoms with van der Waals surface area (Å²) in [6, 6.07) is 7.75. The summed E-state index contributed by atoms with van der Waals surface area (Å²) in [5, 5.41) is 6.38.